The largest absolute Gasteiger partial charge is 0.353 e. The van der Waals surface area contributed by atoms with E-state index in [0.717, 1.165) is 12.0 Å². The molecule has 0 saturated carbocycles. The average molecular weight is 191 g/mol. The highest BCUT2D eigenvalue weighted by Gasteiger charge is 1.91. The van der Waals surface area contributed by atoms with Gasteiger partial charge in [0.2, 0.25) is 5.91 Å². The highest BCUT2D eigenvalue weighted by molar-refractivity contribution is 5.88. The third-order valence-electron chi connectivity index (χ3n) is 1.52. The molecular formula is C12H17NO. The van der Waals surface area contributed by atoms with Crippen molar-refractivity contribution in [1.29, 1.82) is 0 Å². The Morgan fingerprint density at radius 1 is 1.36 bits per heavy atom. The van der Waals surface area contributed by atoms with Crippen molar-refractivity contribution in [1.82, 2.24) is 5.32 Å². The summed E-state index contributed by atoms with van der Waals surface area (Å²) in [5, 5.41) is 2.74. The van der Waals surface area contributed by atoms with Crippen LogP contribution in [0, 0.1) is 0 Å². The Bertz CT molecular complexity index is 261. The number of allylic oxidation sites excluding steroid dienone is 5. The van der Waals surface area contributed by atoms with Crippen LogP contribution in [-0.4, -0.2) is 12.5 Å². The van der Waals surface area contributed by atoms with Gasteiger partial charge < -0.3 is 5.32 Å². The molecular weight excluding hydrogens is 174 g/mol. The lowest BCUT2D eigenvalue weighted by atomic mass is 10.2. The third-order valence-corrected chi connectivity index (χ3v) is 1.52. The molecule has 0 aliphatic rings. The molecule has 0 radical (unpaired) electrons. The second kappa shape index (κ2) is 8.05. The van der Waals surface area contributed by atoms with E-state index in [2.05, 4.69) is 18.5 Å². The van der Waals surface area contributed by atoms with Crippen LogP contribution in [0.2, 0.25) is 0 Å². The van der Waals surface area contributed by atoms with E-state index in [9.17, 15) is 4.79 Å². The fourth-order valence-electron chi connectivity index (χ4n) is 0.807. The van der Waals surface area contributed by atoms with E-state index < -0.39 is 0 Å². The SMILES string of the molecule is C=C/C=C(C=C)/C=C/C(=O)NCCC. The zero-order valence-corrected chi connectivity index (χ0v) is 8.62. The van der Waals surface area contributed by atoms with Gasteiger partial charge in [0, 0.05) is 12.6 Å². The zero-order chi connectivity index (χ0) is 10.8. The standard InChI is InChI=1S/C12H17NO/c1-4-7-11(6-3)8-9-12(14)13-10-5-2/h4,6-9H,1,3,5,10H2,2H3,(H,13,14)/b9-8+,11-7+. The van der Waals surface area contributed by atoms with E-state index >= 15 is 0 Å². The van der Waals surface area contributed by atoms with Crippen molar-refractivity contribution in [3.63, 3.8) is 0 Å². The van der Waals surface area contributed by atoms with Crippen molar-refractivity contribution in [2.45, 2.75) is 13.3 Å². The van der Waals surface area contributed by atoms with Gasteiger partial charge in [0.15, 0.2) is 0 Å². The minimum absolute atomic E-state index is 0.0799. The fraction of sp³-hybridized carbons (Fsp3) is 0.250. The van der Waals surface area contributed by atoms with Gasteiger partial charge in [0.05, 0.1) is 0 Å². The van der Waals surface area contributed by atoms with Crippen LogP contribution in [0.15, 0.2) is 49.1 Å². The maximum absolute atomic E-state index is 11.1. The summed E-state index contributed by atoms with van der Waals surface area (Å²) in [6.07, 6.45) is 9.26. The van der Waals surface area contributed by atoms with Crippen LogP contribution in [0.3, 0.4) is 0 Å². The molecule has 0 fully saturated rings. The van der Waals surface area contributed by atoms with Gasteiger partial charge in [-0.15, -0.1) is 0 Å². The summed E-state index contributed by atoms with van der Waals surface area (Å²) >= 11 is 0. The molecule has 0 atom stereocenters. The summed E-state index contributed by atoms with van der Waals surface area (Å²) in [5.41, 5.74) is 0.867. The van der Waals surface area contributed by atoms with Gasteiger partial charge in [-0.1, -0.05) is 38.3 Å². The molecule has 0 bridgehead atoms. The topological polar surface area (TPSA) is 29.1 Å². The van der Waals surface area contributed by atoms with E-state index in [4.69, 9.17) is 0 Å². The number of nitrogens with one attached hydrogen (secondary N) is 1. The van der Waals surface area contributed by atoms with Crippen molar-refractivity contribution < 1.29 is 4.79 Å². The molecule has 2 nitrogen and oxygen atoms in total. The van der Waals surface area contributed by atoms with Gasteiger partial charge in [0.25, 0.3) is 0 Å². The average Bonchev–Trinajstić information content (AvgIpc) is 2.21. The first-order chi connectivity index (χ1) is 6.74. The maximum atomic E-state index is 11.1. The fourth-order valence-corrected chi connectivity index (χ4v) is 0.807. The molecule has 2 heteroatoms. The Labute approximate surface area is 85.7 Å². The van der Waals surface area contributed by atoms with Gasteiger partial charge in [-0.3, -0.25) is 4.79 Å². The predicted octanol–water partition coefficient (Wildman–Crippen LogP) is 2.37. The van der Waals surface area contributed by atoms with Gasteiger partial charge in [0.1, 0.15) is 0 Å². The number of hydrogen-bond donors (Lipinski definition) is 1. The highest BCUT2D eigenvalue weighted by Crippen LogP contribution is 1.97. The number of carbonyl (C=O) groups excluding carboxylic acids is 1. The second-order valence-corrected chi connectivity index (χ2v) is 2.73. The van der Waals surface area contributed by atoms with Gasteiger partial charge in [-0.05, 0) is 18.1 Å². The first kappa shape index (κ1) is 12.4. The molecule has 1 amide bonds. The quantitative estimate of drug-likeness (QED) is 0.507. The number of hydrogen-bond acceptors (Lipinski definition) is 1. The predicted molar refractivity (Wildman–Crippen MR) is 60.9 cm³/mol. The Hall–Kier alpha value is -1.57. The van der Waals surface area contributed by atoms with Crippen LogP contribution < -0.4 is 5.32 Å². The number of amides is 1. The second-order valence-electron chi connectivity index (χ2n) is 2.73. The van der Waals surface area contributed by atoms with Crippen LogP contribution in [0.1, 0.15) is 13.3 Å². The molecule has 0 aromatic carbocycles. The first-order valence-electron chi connectivity index (χ1n) is 4.65. The molecule has 1 N–H and O–H groups in total. The molecule has 76 valence electrons. The van der Waals surface area contributed by atoms with Crippen LogP contribution >= 0.6 is 0 Å². The minimum Gasteiger partial charge on any atom is -0.353 e. The third kappa shape index (κ3) is 6.00. The Balaban J connectivity index is 4.13. The lowest BCUT2D eigenvalue weighted by Crippen LogP contribution is -2.21. The number of rotatable bonds is 6. The normalized spacial score (nSPS) is 11.4. The summed E-state index contributed by atoms with van der Waals surface area (Å²) in [4.78, 5) is 11.1. The van der Waals surface area contributed by atoms with Gasteiger partial charge >= 0.3 is 0 Å². The molecule has 0 aromatic heterocycles. The van der Waals surface area contributed by atoms with Crippen LogP contribution in [0.5, 0.6) is 0 Å². The zero-order valence-electron chi connectivity index (χ0n) is 8.62. The molecule has 0 rings (SSSR count). The summed E-state index contributed by atoms with van der Waals surface area (Å²) in [6.45, 7) is 9.90. The first-order valence-corrected chi connectivity index (χ1v) is 4.65. The summed E-state index contributed by atoms with van der Waals surface area (Å²) < 4.78 is 0. The summed E-state index contributed by atoms with van der Waals surface area (Å²) in [6, 6.07) is 0. The monoisotopic (exact) mass is 191 g/mol. The van der Waals surface area contributed by atoms with Crippen LogP contribution in [0.25, 0.3) is 0 Å². The van der Waals surface area contributed by atoms with Crippen LogP contribution in [0.4, 0.5) is 0 Å². The van der Waals surface area contributed by atoms with E-state index in [1.54, 1.807) is 24.3 Å². The van der Waals surface area contributed by atoms with Crippen molar-refractivity contribution in [3.8, 4) is 0 Å². The smallest absolute Gasteiger partial charge is 0.243 e. The summed E-state index contributed by atoms with van der Waals surface area (Å²) in [5.74, 6) is -0.0799. The molecule has 0 aromatic rings. The molecule has 0 aliphatic carbocycles. The Morgan fingerprint density at radius 3 is 2.57 bits per heavy atom. The van der Waals surface area contributed by atoms with Gasteiger partial charge in [-0.25, -0.2) is 0 Å². The van der Waals surface area contributed by atoms with Crippen molar-refractivity contribution >= 4 is 5.91 Å². The Kier molecular flexibility index (Phi) is 7.15. The lowest BCUT2D eigenvalue weighted by molar-refractivity contribution is -0.116. The van der Waals surface area contributed by atoms with Crippen molar-refractivity contribution in [2.75, 3.05) is 6.54 Å². The minimum atomic E-state index is -0.0799. The van der Waals surface area contributed by atoms with E-state index in [1.165, 1.54) is 6.08 Å². The highest BCUT2D eigenvalue weighted by atomic mass is 16.1. The van der Waals surface area contributed by atoms with Crippen molar-refractivity contribution in [3.05, 3.63) is 49.1 Å². The summed E-state index contributed by atoms with van der Waals surface area (Å²) in [7, 11) is 0. The van der Waals surface area contributed by atoms with Crippen molar-refractivity contribution in [2.24, 2.45) is 0 Å². The van der Waals surface area contributed by atoms with E-state index in [0.29, 0.717) is 6.54 Å². The van der Waals surface area contributed by atoms with E-state index in [1.807, 2.05) is 6.92 Å². The maximum Gasteiger partial charge on any atom is 0.243 e. The molecule has 14 heavy (non-hydrogen) atoms. The molecule has 0 spiro atoms. The molecule has 0 aliphatic heterocycles. The van der Waals surface area contributed by atoms with E-state index in [-0.39, 0.29) is 5.91 Å². The Morgan fingerprint density at radius 2 is 2.07 bits per heavy atom. The molecule has 0 saturated heterocycles. The number of carbonyl (C=O) groups is 1. The van der Waals surface area contributed by atoms with Gasteiger partial charge in [-0.2, -0.15) is 0 Å². The molecule has 0 unspecified atom stereocenters. The lowest BCUT2D eigenvalue weighted by Gasteiger charge is -1.97. The van der Waals surface area contributed by atoms with Crippen LogP contribution in [-0.2, 0) is 4.79 Å². The molecule has 0 heterocycles.